The van der Waals surface area contributed by atoms with E-state index in [0.717, 1.165) is 10.9 Å². The van der Waals surface area contributed by atoms with E-state index in [-0.39, 0.29) is 6.61 Å². The summed E-state index contributed by atoms with van der Waals surface area (Å²) in [6.45, 7) is 0.176. The Morgan fingerprint density at radius 1 is 1.20 bits per heavy atom. The van der Waals surface area contributed by atoms with Gasteiger partial charge in [-0.3, -0.25) is 4.98 Å². The molecule has 0 bridgehead atoms. The van der Waals surface area contributed by atoms with Crippen LogP contribution in [0, 0.1) is 5.92 Å². The summed E-state index contributed by atoms with van der Waals surface area (Å²) in [7, 11) is 0. The molecule has 104 valence electrons. The number of nitrogens with zero attached hydrogens (tertiary/aromatic N) is 1. The molecule has 0 radical (unpaired) electrons. The number of hydrogen-bond acceptors (Lipinski definition) is 2. The first kappa shape index (κ1) is 13.3. The van der Waals surface area contributed by atoms with E-state index in [0.29, 0.717) is 5.92 Å². The molecular formula is C18H21NO. The van der Waals surface area contributed by atoms with Crippen LogP contribution in [-0.2, 0) is 0 Å². The number of rotatable bonds is 3. The van der Waals surface area contributed by atoms with Crippen LogP contribution in [0.5, 0.6) is 0 Å². The summed E-state index contributed by atoms with van der Waals surface area (Å²) in [6.07, 6.45) is 10.4. The van der Waals surface area contributed by atoms with Crippen molar-refractivity contribution < 1.29 is 5.11 Å². The third kappa shape index (κ3) is 2.91. The Kier molecular flexibility index (Phi) is 4.12. The van der Waals surface area contributed by atoms with Crippen molar-refractivity contribution in [1.29, 1.82) is 0 Å². The van der Waals surface area contributed by atoms with Crippen LogP contribution in [-0.4, -0.2) is 16.7 Å². The van der Waals surface area contributed by atoms with Crippen LogP contribution in [0.4, 0.5) is 0 Å². The van der Waals surface area contributed by atoms with Crippen LogP contribution < -0.4 is 0 Å². The fourth-order valence-electron chi connectivity index (χ4n) is 3.16. The third-order valence-corrected chi connectivity index (χ3v) is 4.29. The first-order valence-corrected chi connectivity index (χ1v) is 7.53. The molecule has 1 heterocycles. The first-order chi connectivity index (χ1) is 9.86. The lowest BCUT2D eigenvalue weighted by Gasteiger charge is -2.23. The lowest BCUT2D eigenvalue weighted by molar-refractivity contribution is 0.295. The minimum Gasteiger partial charge on any atom is -0.392 e. The van der Waals surface area contributed by atoms with E-state index < -0.39 is 0 Å². The van der Waals surface area contributed by atoms with E-state index in [2.05, 4.69) is 35.3 Å². The van der Waals surface area contributed by atoms with E-state index in [1.807, 2.05) is 12.3 Å². The maximum Gasteiger partial charge on any atom is 0.0702 e. The quantitative estimate of drug-likeness (QED) is 0.904. The van der Waals surface area contributed by atoms with Crippen LogP contribution >= 0.6 is 0 Å². The molecule has 0 unspecified atom stereocenters. The van der Waals surface area contributed by atoms with Crippen LogP contribution in [0.3, 0.4) is 0 Å². The second-order valence-corrected chi connectivity index (χ2v) is 5.67. The molecule has 2 heteroatoms. The molecule has 0 amide bonds. The topological polar surface area (TPSA) is 33.1 Å². The van der Waals surface area contributed by atoms with E-state index in [9.17, 15) is 5.11 Å². The van der Waals surface area contributed by atoms with Crippen LogP contribution in [0.25, 0.3) is 17.0 Å². The van der Waals surface area contributed by atoms with Gasteiger partial charge in [0.1, 0.15) is 0 Å². The van der Waals surface area contributed by atoms with Crippen molar-refractivity contribution in [2.75, 3.05) is 6.61 Å². The standard InChI is InChI=1S/C18H21NO/c20-13-17(15-5-2-1-3-6-15)12-14-8-9-18-16(11-14)7-4-10-19-18/h4,7-12,15,20H,1-3,5-6,13H2/b17-12-. The lowest BCUT2D eigenvalue weighted by atomic mass is 9.83. The number of hydrogen-bond donors (Lipinski definition) is 1. The highest BCUT2D eigenvalue weighted by atomic mass is 16.3. The number of pyridine rings is 1. The molecule has 20 heavy (non-hydrogen) atoms. The van der Waals surface area contributed by atoms with Crippen LogP contribution in [0.2, 0.25) is 0 Å². The van der Waals surface area contributed by atoms with Gasteiger partial charge in [0.15, 0.2) is 0 Å². The van der Waals surface area contributed by atoms with Gasteiger partial charge in [0.05, 0.1) is 12.1 Å². The Morgan fingerprint density at radius 3 is 2.85 bits per heavy atom. The van der Waals surface area contributed by atoms with Gasteiger partial charge in [-0.05, 0) is 48.1 Å². The molecule has 0 atom stereocenters. The zero-order valence-corrected chi connectivity index (χ0v) is 11.8. The number of aliphatic hydroxyl groups excluding tert-OH is 1. The summed E-state index contributed by atoms with van der Waals surface area (Å²) in [6, 6.07) is 10.3. The SMILES string of the molecule is OC/C(=C/c1ccc2ncccc2c1)C1CCCCC1. The van der Waals surface area contributed by atoms with Crippen LogP contribution in [0.1, 0.15) is 37.7 Å². The minimum absolute atomic E-state index is 0.176. The zero-order chi connectivity index (χ0) is 13.8. The molecule has 1 N–H and O–H groups in total. The first-order valence-electron chi connectivity index (χ1n) is 7.53. The molecule has 0 aliphatic heterocycles. The fraction of sp³-hybridized carbons (Fsp3) is 0.389. The monoisotopic (exact) mass is 267 g/mol. The zero-order valence-electron chi connectivity index (χ0n) is 11.8. The molecule has 1 aromatic carbocycles. The molecule has 2 aromatic rings. The summed E-state index contributed by atoms with van der Waals surface area (Å²) >= 11 is 0. The van der Waals surface area contributed by atoms with Gasteiger partial charge in [0.25, 0.3) is 0 Å². The highest BCUT2D eigenvalue weighted by Crippen LogP contribution is 2.30. The predicted molar refractivity (Wildman–Crippen MR) is 83.4 cm³/mol. The molecule has 0 saturated heterocycles. The van der Waals surface area contributed by atoms with Gasteiger partial charge in [0, 0.05) is 11.6 Å². The molecule has 3 rings (SSSR count). The third-order valence-electron chi connectivity index (χ3n) is 4.29. The Bertz CT molecular complexity index is 612. The molecule has 1 aromatic heterocycles. The van der Waals surface area contributed by atoms with Gasteiger partial charge >= 0.3 is 0 Å². The van der Waals surface area contributed by atoms with Crippen molar-refractivity contribution in [3.63, 3.8) is 0 Å². The normalized spacial score (nSPS) is 17.6. The Labute approximate surface area is 120 Å². The Balaban J connectivity index is 1.90. The van der Waals surface area contributed by atoms with E-state index in [1.165, 1.54) is 43.2 Å². The van der Waals surface area contributed by atoms with E-state index in [1.54, 1.807) is 0 Å². The highest BCUT2D eigenvalue weighted by molar-refractivity contribution is 5.81. The molecule has 1 aliphatic carbocycles. The van der Waals surface area contributed by atoms with Crippen molar-refractivity contribution >= 4 is 17.0 Å². The van der Waals surface area contributed by atoms with E-state index in [4.69, 9.17) is 0 Å². The van der Waals surface area contributed by atoms with Gasteiger partial charge in [-0.15, -0.1) is 0 Å². The lowest BCUT2D eigenvalue weighted by Crippen LogP contribution is -2.11. The Morgan fingerprint density at radius 2 is 2.05 bits per heavy atom. The average molecular weight is 267 g/mol. The number of aliphatic hydroxyl groups is 1. The molecule has 2 nitrogen and oxygen atoms in total. The second kappa shape index (κ2) is 6.19. The molecule has 1 fully saturated rings. The maximum absolute atomic E-state index is 9.67. The van der Waals surface area contributed by atoms with Crippen LogP contribution in [0.15, 0.2) is 42.1 Å². The molecule has 1 saturated carbocycles. The van der Waals surface area contributed by atoms with Gasteiger partial charge in [-0.2, -0.15) is 0 Å². The van der Waals surface area contributed by atoms with Gasteiger partial charge < -0.3 is 5.11 Å². The summed E-state index contributed by atoms with van der Waals surface area (Å²) in [4.78, 5) is 4.34. The summed E-state index contributed by atoms with van der Waals surface area (Å²) in [5.41, 5.74) is 3.38. The van der Waals surface area contributed by atoms with Crippen molar-refractivity contribution in [3.8, 4) is 0 Å². The number of fused-ring (bicyclic) bond motifs is 1. The number of aromatic nitrogens is 1. The number of benzene rings is 1. The Hall–Kier alpha value is -1.67. The maximum atomic E-state index is 9.67. The largest absolute Gasteiger partial charge is 0.392 e. The smallest absolute Gasteiger partial charge is 0.0702 e. The minimum atomic E-state index is 0.176. The van der Waals surface area contributed by atoms with E-state index >= 15 is 0 Å². The predicted octanol–water partition coefficient (Wildman–Crippen LogP) is 4.19. The average Bonchev–Trinajstić information content (AvgIpc) is 2.53. The van der Waals surface area contributed by atoms with Crippen molar-refractivity contribution in [1.82, 2.24) is 4.98 Å². The molecular weight excluding hydrogens is 246 g/mol. The van der Waals surface area contributed by atoms with Gasteiger partial charge in [-0.1, -0.05) is 37.5 Å². The fourth-order valence-corrected chi connectivity index (χ4v) is 3.16. The highest BCUT2D eigenvalue weighted by Gasteiger charge is 2.17. The van der Waals surface area contributed by atoms with Crippen molar-refractivity contribution in [2.24, 2.45) is 5.92 Å². The van der Waals surface area contributed by atoms with Crippen molar-refractivity contribution in [3.05, 3.63) is 47.7 Å². The van der Waals surface area contributed by atoms with Gasteiger partial charge in [-0.25, -0.2) is 0 Å². The molecule has 0 spiro atoms. The summed E-state index contributed by atoms with van der Waals surface area (Å²) < 4.78 is 0. The van der Waals surface area contributed by atoms with Crippen molar-refractivity contribution in [2.45, 2.75) is 32.1 Å². The summed E-state index contributed by atoms with van der Waals surface area (Å²) in [5.74, 6) is 0.568. The van der Waals surface area contributed by atoms with Gasteiger partial charge in [0.2, 0.25) is 0 Å². The summed E-state index contributed by atoms with van der Waals surface area (Å²) in [5, 5.41) is 10.8. The molecule has 1 aliphatic rings. The second-order valence-electron chi connectivity index (χ2n) is 5.67.